The molecule has 13 heavy (non-hydrogen) atoms. The van der Waals surface area contributed by atoms with Gasteiger partial charge in [-0.3, -0.25) is 0 Å². The lowest BCUT2D eigenvalue weighted by molar-refractivity contribution is 0.388. The van der Waals surface area contributed by atoms with E-state index >= 15 is 0 Å². The smallest absolute Gasteiger partial charge is 0.104 e. The Hall–Kier alpha value is -0.455. The summed E-state index contributed by atoms with van der Waals surface area (Å²) in [6.07, 6.45) is 13.6. The van der Waals surface area contributed by atoms with Crippen LogP contribution in [0.2, 0.25) is 6.32 Å². The van der Waals surface area contributed by atoms with Crippen molar-refractivity contribution in [3.8, 4) is 0 Å². The molecule has 0 saturated heterocycles. The van der Waals surface area contributed by atoms with Gasteiger partial charge in [0.25, 0.3) is 0 Å². The van der Waals surface area contributed by atoms with Crippen molar-refractivity contribution in [3.63, 3.8) is 0 Å². The molecule has 2 aliphatic rings. The van der Waals surface area contributed by atoms with E-state index in [2.05, 4.69) is 33.5 Å². The fraction of sp³-hybridized carbons (Fsp3) is 0.667. The number of rotatable bonds is 2. The summed E-state index contributed by atoms with van der Waals surface area (Å²) < 4.78 is 0. The molecule has 2 unspecified atom stereocenters. The van der Waals surface area contributed by atoms with Crippen molar-refractivity contribution in [2.75, 3.05) is 0 Å². The normalized spacial score (nSPS) is 34.1. The molecule has 0 aromatic rings. The van der Waals surface area contributed by atoms with Gasteiger partial charge in [0.15, 0.2) is 0 Å². The number of fused-ring (bicyclic) bond motifs is 2. The van der Waals surface area contributed by atoms with Crippen molar-refractivity contribution in [2.24, 2.45) is 11.3 Å². The Labute approximate surface area is 83.5 Å². The lowest BCUT2D eigenvalue weighted by Gasteiger charge is -2.19. The molecule has 1 heteroatoms. The summed E-state index contributed by atoms with van der Waals surface area (Å²) in [6.45, 7) is 5.80. The Kier molecular flexibility index (Phi) is 3.83. The third kappa shape index (κ3) is 2.49. The molecule has 2 bridgehead atoms. The predicted molar refractivity (Wildman–Crippen MR) is 62.8 cm³/mol. The fourth-order valence-electron chi connectivity index (χ4n) is 2.29. The maximum atomic E-state index is 3.48. The Morgan fingerprint density at radius 3 is 2.54 bits per heavy atom. The number of hydrogen-bond acceptors (Lipinski definition) is 0. The molecule has 2 atom stereocenters. The first-order valence-electron chi connectivity index (χ1n) is 5.56. The maximum Gasteiger partial charge on any atom is 0.106 e. The second-order valence-electron chi connectivity index (χ2n) is 4.27. The second-order valence-corrected chi connectivity index (χ2v) is 4.27. The highest BCUT2D eigenvalue weighted by atomic mass is 14.4. The van der Waals surface area contributed by atoms with Crippen molar-refractivity contribution in [3.05, 3.63) is 24.8 Å². The lowest BCUT2D eigenvalue weighted by Crippen LogP contribution is -2.08. The quantitative estimate of drug-likeness (QED) is 0.448. The minimum Gasteiger partial charge on any atom is -0.104 e. The van der Waals surface area contributed by atoms with Crippen LogP contribution in [0.15, 0.2) is 24.8 Å². The molecule has 2 rings (SSSR count). The van der Waals surface area contributed by atoms with Gasteiger partial charge in [-0.2, -0.15) is 0 Å². The SMILES string of the molecule is BCC=C.CCC12C=CC(CC1)C2. The first-order valence-corrected chi connectivity index (χ1v) is 5.56. The van der Waals surface area contributed by atoms with Crippen LogP contribution in [0.25, 0.3) is 0 Å². The molecule has 1 saturated carbocycles. The Morgan fingerprint density at radius 1 is 1.69 bits per heavy atom. The minimum absolute atomic E-state index is 0.671. The van der Waals surface area contributed by atoms with Crippen molar-refractivity contribution in [2.45, 2.75) is 38.9 Å². The van der Waals surface area contributed by atoms with Gasteiger partial charge in [-0.05, 0) is 37.0 Å². The second kappa shape index (κ2) is 4.69. The summed E-state index contributed by atoms with van der Waals surface area (Å²) in [5.74, 6) is 0.963. The number of allylic oxidation sites excluding steroid dienone is 3. The highest BCUT2D eigenvalue weighted by Crippen LogP contribution is 2.50. The molecular formula is C12H21B. The van der Waals surface area contributed by atoms with Crippen LogP contribution in [-0.2, 0) is 0 Å². The first kappa shape index (κ1) is 10.6. The largest absolute Gasteiger partial charge is 0.106 e. The van der Waals surface area contributed by atoms with Gasteiger partial charge >= 0.3 is 0 Å². The topological polar surface area (TPSA) is 0 Å². The van der Waals surface area contributed by atoms with Gasteiger partial charge in [-0.1, -0.05) is 31.5 Å². The van der Waals surface area contributed by atoms with Crippen LogP contribution < -0.4 is 0 Å². The summed E-state index contributed by atoms with van der Waals surface area (Å²) >= 11 is 0. The van der Waals surface area contributed by atoms with E-state index in [1.807, 2.05) is 6.08 Å². The molecule has 0 amide bonds. The maximum absolute atomic E-state index is 3.48. The molecule has 0 nitrogen and oxygen atoms in total. The lowest BCUT2D eigenvalue weighted by atomic mass is 9.85. The molecule has 0 aromatic carbocycles. The third-order valence-electron chi connectivity index (χ3n) is 3.40. The zero-order chi connectivity index (χ0) is 9.73. The monoisotopic (exact) mass is 176 g/mol. The summed E-state index contributed by atoms with van der Waals surface area (Å²) in [6, 6.07) is 0. The van der Waals surface area contributed by atoms with E-state index in [1.54, 1.807) is 0 Å². The van der Waals surface area contributed by atoms with Crippen LogP contribution in [0, 0.1) is 11.3 Å². The van der Waals surface area contributed by atoms with E-state index in [4.69, 9.17) is 0 Å². The average Bonchev–Trinajstić information content (AvgIpc) is 2.78. The van der Waals surface area contributed by atoms with Gasteiger partial charge in [0, 0.05) is 0 Å². The molecule has 72 valence electrons. The summed E-state index contributed by atoms with van der Waals surface area (Å²) in [4.78, 5) is 0. The minimum atomic E-state index is 0.671. The Morgan fingerprint density at radius 2 is 2.38 bits per heavy atom. The highest BCUT2D eigenvalue weighted by molar-refractivity contribution is 6.09. The van der Waals surface area contributed by atoms with Crippen LogP contribution in [-0.4, -0.2) is 7.85 Å². The predicted octanol–water partition coefficient (Wildman–Crippen LogP) is 2.98. The molecule has 0 aliphatic heterocycles. The van der Waals surface area contributed by atoms with Crippen LogP contribution in [0.1, 0.15) is 32.6 Å². The Balaban J connectivity index is 0.000000184. The zero-order valence-electron chi connectivity index (χ0n) is 9.05. The van der Waals surface area contributed by atoms with E-state index in [0.717, 1.165) is 12.2 Å². The molecule has 0 heterocycles. The van der Waals surface area contributed by atoms with E-state index in [9.17, 15) is 0 Å². The van der Waals surface area contributed by atoms with Crippen molar-refractivity contribution >= 4 is 7.85 Å². The number of hydrogen-bond donors (Lipinski definition) is 0. The molecular weight excluding hydrogens is 155 g/mol. The zero-order valence-corrected chi connectivity index (χ0v) is 9.05. The van der Waals surface area contributed by atoms with Crippen LogP contribution in [0.4, 0.5) is 0 Å². The molecule has 1 fully saturated rings. The van der Waals surface area contributed by atoms with Gasteiger partial charge in [0.05, 0.1) is 0 Å². The van der Waals surface area contributed by atoms with E-state index in [-0.39, 0.29) is 0 Å². The van der Waals surface area contributed by atoms with Crippen LogP contribution in [0.5, 0.6) is 0 Å². The first-order chi connectivity index (χ1) is 6.26. The molecule has 0 N–H and O–H groups in total. The van der Waals surface area contributed by atoms with Gasteiger partial charge in [-0.15, -0.1) is 6.58 Å². The van der Waals surface area contributed by atoms with Crippen LogP contribution >= 0.6 is 0 Å². The molecule has 0 radical (unpaired) electrons. The van der Waals surface area contributed by atoms with Gasteiger partial charge < -0.3 is 0 Å². The van der Waals surface area contributed by atoms with Gasteiger partial charge in [-0.25, -0.2) is 0 Å². The summed E-state index contributed by atoms with van der Waals surface area (Å²) in [7, 11) is 2.06. The van der Waals surface area contributed by atoms with Crippen LogP contribution in [0.3, 0.4) is 0 Å². The standard InChI is InChI=1S/C9H14.C3H7B/c1-2-9-5-3-8(7-9)4-6-9;1-2-3-4/h3,5,8H,2,4,6-7H2,1H3;2H,1,3-4H2. The Bertz CT molecular complexity index is 195. The van der Waals surface area contributed by atoms with E-state index in [0.29, 0.717) is 5.41 Å². The van der Waals surface area contributed by atoms with Gasteiger partial charge in [0.2, 0.25) is 0 Å². The summed E-state index contributed by atoms with van der Waals surface area (Å²) in [5.41, 5.74) is 0.671. The van der Waals surface area contributed by atoms with E-state index in [1.165, 1.54) is 25.7 Å². The van der Waals surface area contributed by atoms with Gasteiger partial charge in [0.1, 0.15) is 7.85 Å². The van der Waals surface area contributed by atoms with Crippen molar-refractivity contribution in [1.82, 2.24) is 0 Å². The average molecular weight is 176 g/mol. The summed E-state index contributed by atoms with van der Waals surface area (Å²) in [5, 5.41) is 0. The van der Waals surface area contributed by atoms with Crippen molar-refractivity contribution < 1.29 is 0 Å². The van der Waals surface area contributed by atoms with Crippen molar-refractivity contribution in [1.29, 1.82) is 0 Å². The van der Waals surface area contributed by atoms with E-state index < -0.39 is 0 Å². The molecule has 0 spiro atoms. The highest BCUT2D eigenvalue weighted by Gasteiger charge is 2.38. The fourth-order valence-corrected chi connectivity index (χ4v) is 2.29. The molecule has 2 aliphatic carbocycles. The molecule has 0 aromatic heterocycles. The third-order valence-corrected chi connectivity index (χ3v) is 3.40.